The van der Waals surface area contributed by atoms with Gasteiger partial charge < -0.3 is 29.7 Å². The maximum absolute atomic E-state index is 16.5. The number of carbonyl (C=O) groups is 1. The number of rotatable bonds is 10. The zero-order valence-corrected chi connectivity index (χ0v) is 23.4. The lowest BCUT2D eigenvalue weighted by atomic mass is 9.97. The number of hydrogen-bond donors (Lipinski definition) is 3. The van der Waals surface area contributed by atoms with Crippen molar-refractivity contribution in [3.63, 3.8) is 0 Å². The van der Waals surface area contributed by atoms with Crippen LogP contribution in [0.4, 0.5) is 16.2 Å². The van der Waals surface area contributed by atoms with Crippen LogP contribution in [0.2, 0.25) is 0 Å². The summed E-state index contributed by atoms with van der Waals surface area (Å²) in [5.74, 6) is -0.171. The molecule has 2 fully saturated rings. The van der Waals surface area contributed by atoms with E-state index in [0.717, 1.165) is 6.92 Å². The van der Waals surface area contributed by atoms with Gasteiger partial charge in [0.05, 0.1) is 12.9 Å². The van der Waals surface area contributed by atoms with Crippen LogP contribution in [0, 0.1) is 0 Å². The van der Waals surface area contributed by atoms with Crippen LogP contribution < -0.4 is 20.2 Å². The van der Waals surface area contributed by atoms with Crippen LogP contribution in [0.3, 0.4) is 0 Å². The van der Waals surface area contributed by atoms with Crippen molar-refractivity contribution in [2.45, 2.75) is 56.5 Å². The van der Waals surface area contributed by atoms with Crippen molar-refractivity contribution in [1.29, 1.82) is 0 Å². The first kappa shape index (κ1) is 28.2. The minimum absolute atomic E-state index is 0.0533. The molecule has 1 aliphatic heterocycles. The average molecular weight is 580 g/mol. The van der Waals surface area contributed by atoms with Gasteiger partial charge in [-0.05, 0) is 32.9 Å². The molecular formula is C24H31FN7O7P. The lowest BCUT2D eigenvalue weighted by Gasteiger charge is -2.31. The molecule has 16 heteroatoms. The van der Waals surface area contributed by atoms with Crippen LogP contribution in [-0.2, 0) is 23.4 Å². The Labute approximate surface area is 229 Å². The van der Waals surface area contributed by atoms with Gasteiger partial charge in [-0.1, -0.05) is 18.2 Å². The van der Waals surface area contributed by atoms with Gasteiger partial charge in [0.2, 0.25) is 5.95 Å². The normalized spacial score (nSPS) is 29.4. The molecule has 1 saturated carbocycles. The number of para-hydroxylation sites is 1. The summed E-state index contributed by atoms with van der Waals surface area (Å²) in [6.45, 7) is 4.28. The molecule has 3 heterocycles. The van der Waals surface area contributed by atoms with Crippen molar-refractivity contribution in [2.24, 2.45) is 0 Å². The standard InChI is InChI=1S/C24H31FN7O7P/c1-6-36-20(33)13(2)30-40(35,38-14-10-8-7-9-11-14)39-17-16-24(17,34)23(3,25)21(37-16)32-12-27-15-18(31(4)5)28-22(26)29-19(15)32/h7-13,16-17,21,34H,6H2,1-5H3,(H,30,35)(H2,26,28,29)/t13-,16+,17?,21+,23-,24-,40?/m0/s1. The monoisotopic (exact) mass is 579 g/mol. The van der Waals surface area contributed by atoms with Gasteiger partial charge in [0.1, 0.15) is 24.0 Å². The Kier molecular flexibility index (Phi) is 6.99. The Morgan fingerprint density at radius 2 is 2.05 bits per heavy atom. The molecule has 0 amide bonds. The second-order valence-corrected chi connectivity index (χ2v) is 11.6. The molecule has 2 unspecified atom stereocenters. The zero-order valence-electron chi connectivity index (χ0n) is 22.5. The van der Waals surface area contributed by atoms with Crippen LogP contribution >= 0.6 is 7.75 Å². The van der Waals surface area contributed by atoms with E-state index in [4.69, 9.17) is 24.3 Å². The van der Waals surface area contributed by atoms with E-state index in [-0.39, 0.29) is 24.0 Å². The highest BCUT2D eigenvalue weighted by Gasteiger charge is 2.85. The second-order valence-electron chi connectivity index (χ2n) is 9.96. The largest absolute Gasteiger partial charge is 0.465 e. The number of carbonyl (C=O) groups excluding carboxylic acids is 1. The number of hydrogen-bond acceptors (Lipinski definition) is 12. The number of esters is 1. The van der Waals surface area contributed by atoms with E-state index >= 15 is 4.39 Å². The fourth-order valence-corrected chi connectivity index (χ4v) is 6.48. The molecule has 14 nitrogen and oxygen atoms in total. The van der Waals surface area contributed by atoms with E-state index in [1.807, 2.05) is 0 Å². The van der Waals surface area contributed by atoms with E-state index in [0.29, 0.717) is 11.3 Å². The molecule has 1 aliphatic carbocycles. The van der Waals surface area contributed by atoms with E-state index in [1.54, 1.807) is 44.1 Å². The number of aromatic nitrogens is 4. The van der Waals surface area contributed by atoms with E-state index in [1.165, 1.54) is 30.0 Å². The molecule has 216 valence electrons. The van der Waals surface area contributed by atoms with Crippen LogP contribution in [0.25, 0.3) is 11.2 Å². The smallest absolute Gasteiger partial charge is 0.459 e. The summed E-state index contributed by atoms with van der Waals surface area (Å²) in [7, 11) is -0.888. The third kappa shape index (κ3) is 4.57. The number of imidazole rings is 1. The number of nitrogens with zero attached hydrogens (tertiary/aromatic N) is 5. The molecule has 0 bridgehead atoms. The number of nitrogens with two attached hydrogens (primary N) is 1. The van der Waals surface area contributed by atoms with Crippen LogP contribution in [0.1, 0.15) is 27.0 Å². The second kappa shape index (κ2) is 9.93. The van der Waals surface area contributed by atoms with E-state index < -0.39 is 49.5 Å². The highest BCUT2D eigenvalue weighted by molar-refractivity contribution is 7.52. The number of fused-ring (bicyclic) bond motifs is 2. The van der Waals surface area contributed by atoms with Crippen molar-refractivity contribution >= 4 is 36.6 Å². The molecule has 7 atom stereocenters. The minimum atomic E-state index is -4.38. The number of alkyl halides is 1. The van der Waals surface area contributed by atoms with Crippen molar-refractivity contribution in [2.75, 3.05) is 31.3 Å². The summed E-state index contributed by atoms with van der Waals surface area (Å²) in [5.41, 5.74) is 1.74. The molecule has 2 aromatic heterocycles. The van der Waals surface area contributed by atoms with Gasteiger partial charge in [0.15, 0.2) is 34.5 Å². The quantitative estimate of drug-likeness (QED) is 0.235. The molecule has 2 aliphatic rings. The topological polar surface area (TPSA) is 176 Å². The van der Waals surface area contributed by atoms with Crippen LogP contribution in [0.5, 0.6) is 5.75 Å². The predicted octanol–water partition coefficient (Wildman–Crippen LogP) is 1.96. The predicted molar refractivity (Wildman–Crippen MR) is 141 cm³/mol. The average Bonchev–Trinajstić information content (AvgIpc) is 3.15. The molecule has 1 aromatic carbocycles. The Morgan fingerprint density at radius 3 is 2.65 bits per heavy atom. The Balaban J connectivity index is 1.42. The fraction of sp³-hybridized carbons (Fsp3) is 0.500. The lowest BCUT2D eigenvalue weighted by Crippen LogP contribution is -2.45. The van der Waals surface area contributed by atoms with Gasteiger partial charge in [-0.15, -0.1) is 0 Å². The maximum atomic E-state index is 16.5. The molecular weight excluding hydrogens is 548 g/mol. The molecule has 0 radical (unpaired) electrons. The molecule has 1 saturated heterocycles. The van der Waals surface area contributed by atoms with Crippen LogP contribution in [0.15, 0.2) is 36.7 Å². The number of aliphatic hydroxyl groups is 1. The number of ether oxygens (including phenoxy) is 2. The van der Waals surface area contributed by atoms with E-state index in [2.05, 4.69) is 20.0 Å². The van der Waals surface area contributed by atoms with Crippen molar-refractivity contribution in [1.82, 2.24) is 24.6 Å². The summed E-state index contributed by atoms with van der Waals surface area (Å²) in [4.78, 5) is 26.6. The van der Waals surface area contributed by atoms with Crippen molar-refractivity contribution in [3.8, 4) is 5.75 Å². The summed E-state index contributed by atoms with van der Waals surface area (Å²) in [6, 6.07) is 6.97. The first-order valence-corrected chi connectivity index (χ1v) is 14.1. The van der Waals surface area contributed by atoms with Gasteiger partial charge in [0.25, 0.3) is 0 Å². The number of nitrogens with one attached hydrogen (secondary N) is 1. The highest BCUT2D eigenvalue weighted by Crippen LogP contribution is 2.66. The molecule has 0 spiro atoms. The fourth-order valence-electron chi connectivity index (χ4n) is 4.78. The molecule has 40 heavy (non-hydrogen) atoms. The van der Waals surface area contributed by atoms with Gasteiger partial charge in [0, 0.05) is 14.1 Å². The molecule has 4 N–H and O–H groups in total. The number of anilines is 2. The van der Waals surface area contributed by atoms with Gasteiger partial charge >= 0.3 is 13.7 Å². The first-order valence-electron chi connectivity index (χ1n) is 12.5. The van der Waals surface area contributed by atoms with E-state index in [9.17, 15) is 14.5 Å². The summed E-state index contributed by atoms with van der Waals surface area (Å²) < 4.78 is 53.8. The molecule has 5 rings (SSSR count). The first-order chi connectivity index (χ1) is 18.8. The minimum Gasteiger partial charge on any atom is -0.465 e. The lowest BCUT2D eigenvalue weighted by molar-refractivity contribution is -0.144. The third-order valence-corrected chi connectivity index (χ3v) is 8.52. The van der Waals surface area contributed by atoms with Gasteiger partial charge in [-0.2, -0.15) is 15.1 Å². The SMILES string of the molecule is CCOC(=O)[C@H](C)NP(=O)(Oc1ccccc1)OC1[C@H]2O[C@@H](n3cnc4c(N(C)C)nc(N)nc43)[C@](C)(F)[C@@]12O. The Bertz CT molecular complexity index is 1470. The third-order valence-electron chi connectivity index (χ3n) is 6.87. The van der Waals surface area contributed by atoms with Crippen molar-refractivity contribution in [3.05, 3.63) is 36.7 Å². The zero-order chi connectivity index (χ0) is 29.0. The number of nitrogen functional groups attached to an aromatic ring is 1. The van der Waals surface area contributed by atoms with Crippen molar-refractivity contribution < 1.29 is 37.4 Å². The Morgan fingerprint density at radius 1 is 1.35 bits per heavy atom. The highest BCUT2D eigenvalue weighted by atomic mass is 31.2. The van der Waals surface area contributed by atoms with Gasteiger partial charge in [-0.25, -0.2) is 13.9 Å². The van der Waals surface area contributed by atoms with Crippen LogP contribution in [-0.4, -0.2) is 80.8 Å². The summed E-state index contributed by atoms with van der Waals surface area (Å²) >= 11 is 0. The molecule has 3 aromatic rings. The number of halogens is 1. The maximum Gasteiger partial charge on any atom is 0.459 e. The summed E-state index contributed by atoms with van der Waals surface area (Å²) in [6.07, 6.45) is -2.69. The Hall–Kier alpha value is -3.36. The summed E-state index contributed by atoms with van der Waals surface area (Å²) in [5, 5.41) is 13.9. The number of benzene rings is 1. The van der Waals surface area contributed by atoms with Gasteiger partial charge in [-0.3, -0.25) is 13.9 Å².